The maximum atomic E-state index is 9.42. The largest absolute Gasteiger partial charge is 0.395 e. The van der Waals surface area contributed by atoms with Gasteiger partial charge in [0.1, 0.15) is 5.01 Å². The first-order valence-corrected chi connectivity index (χ1v) is 9.11. The van der Waals surface area contributed by atoms with E-state index in [9.17, 15) is 5.11 Å². The van der Waals surface area contributed by atoms with Gasteiger partial charge in [0.2, 0.25) is 0 Å². The number of hydrogen-bond donors (Lipinski definition) is 1. The van der Waals surface area contributed by atoms with E-state index in [1.807, 2.05) is 18.2 Å². The van der Waals surface area contributed by atoms with Crippen LogP contribution in [-0.2, 0) is 6.54 Å². The van der Waals surface area contributed by atoms with E-state index in [2.05, 4.69) is 27.1 Å². The minimum atomic E-state index is 0.260. The minimum Gasteiger partial charge on any atom is -0.395 e. The molecule has 6 heteroatoms. The molecule has 0 aromatic carbocycles. The van der Waals surface area contributed by atoms with Crippen molar-refractivity contribution in [2.45, 2.75) is 25.9 Å². The molecular weight excluding hydrogens is 308 g/mol. The number of aliphatic hydroxyl groups is 1. The van der Waals surface area contributed by atoms with E-state index < -0.39 is 0 Å². The highest BCUT2D eigenvalue weighted by molar-refractivity contribution is 7.13. The van der Waals surface area contributed by atoms with Crippen LogP contribution in [0.4, 0.5) is 0 Å². The fraction of sp³-hybridized carbons (Fsp3) is 0.529. The number of thiazole rings is 1. The van der Waals surface area contributed by atoms with Gasteiger partial charge in [-0.25, -0.2) is 4.98 Å². The van der Waals surface area contributed by atoms with Crippen LogP contribution in [0, 0.1) is 0 Å². The Morgan fingerprint density at radius 2 is 2.09 bits per heavy atom. The van der Waals surface area contributed by atoms with E-state index in [0.29, 0.717) is 6.04 Å². The summed E-state index contributed by atoms with van der Waals surface area (Å²) in [4.78, 5) is 13.9. The molecule has 3 rings (SSSR count). The van der Waals surface area contributed by atoms with Gasteiger partial charge in [-0.2, -0.15) is 0 Å². The number of pyridine rings is 1. The van der Waals surface area contributed by atoms with Gasteiger partial charge in [0.15, 0.2) is 0 Å². The standard InChI is InChI=1S/C17H24N4OS/c1-2-15(12-22)21-9-7-20(8-10-21)11-14-13-23-17(19-14)16-5-3-4-6-18-16/h3-6,13,15,22H,2,7-12H2,1H3. The smallest absolute Gasteiger partial charge is 0.142 e. The summed E-state index contributed by atoms with van der Waals surface area (Å²) in [5.74, 6) is 0. The Balaban J connectivity index is 1.54. The predicted octanol–water partition coefficient (Wildman–Crippen LogP) is 2.09. The van der Waals surface area contributed by atoms with Crippen LogP contribution < -0.4 is 0 Å². The molecule has 1 atom stereocenters. The predicted molar refractivity (Wildman–Crippen MR) is 93.4 cm³/mol. The van der Waals surface area contributed by atoms with Crippen LogP contribution in [-0.4, -0.2) is 63.7 Å². The van der Waals surface area contributed by atoms with Gasteiger partial charge in [0.25, 0.3) is 0 Å². The number of aromatic nitrogens is 2. The highest BCUT2D eigenvalue weighted by Crippen LogP contribution is 2.22. The summed E-state index contributed by atoms with van der Waals surface area (Å²) in [5.41, 5.74) is 2.07. The van der Waals surface area contributed by atoms with Crippen LogP contribution >= 0.6 is 11.3 Å². The van der Waals surface area contributed by atoms with Crippen molar-refractivity contribution in [3.05, 3.63) is 35.5 Å². The van der Waals surface area contributed by atoms with Crippen LogP contribution in [0.1, 0.15) is 19.0 Å². The molecule has 1 aliphatic heterocycles. The van der Waals surface area contributed by atoms with E-state index in [-0.39, 0.29) is 6.61 Å². The summed E-state index contributed by atoms with van der Waals surface area (Å²) in [5, 5.41) is 12.5. The van der Waals surface area contributed by atoms with Crippen molar-refractivity contribution in [1.29, 1.82) is 0 Å². The highest BCUT2D eigenvalue weighted by atomic mass is 32.1. The molecule has 5 nitrogen and oxygen atoms in total. The molecule has 0 aliphatic carbocycles. The number of piperazine rings is 1. The highest BCUT2D eigenvalue weighted by Gasteiger charge is 2.22. The summed E-state index contributed by atoms with van der Waals surface area (Å²) in [6.45, 7) is 7.41. The molecule has 2 aromatic rings. The second-order valence-electron chi connectivity index (χ2n) is 5.92. The Labute approximate surface area is 141 Å². The maximum absolute atomic E-state index is 9.42. The summed E-state index contributed by atoms with van der Waals surface area (Å²) >= 11 is 1.66. The Morgan fingerprint density at radius 1 is 1.26 bits per heavy atom. The number of aliphatic hydroxyl groups excluding tert-OH is 1. The number of nitrogens with zero attached hydrogens (tertiary/aromatic N) is 4. The van der Waals surface area contributed by atoms with E-state index in [4.69, 9.17) is 4.98 Å². The third-order valence-electron chi connectivity index (χ3n) is 4.43. The van der Waals surface area contributed by atoms with Gasteiger partial charge in [-0.15, -0.1) is 11.3 Å². The first kappa shape index (κ1) is 16.5. The zero-order valence-corrected chi connectivity index (χ0v) is 14.4. The average Bonchev–Trinajstić information content (AvgIpc) is 3.07. The lowest BCUT2D eigenvalue weighted by Gasteiger charge is -2.38. The molecule has 1 aliphatic rings. The molecule has 1 saturated heterocycles. The molecule has 124 valence electrons. The molecule has 23 heavy (non-hydrogen) atoms. The topological polar surface area (TPSA) is 52.5 Å². The van der Waals surface area contributed by atoms with Crippen LogP contribution in [0.2, 0.25) is 0 Å². The molecule has 1 fully saturated rings. The van der Waals surface area contributed by atoms with Crippen LogP contribution in [0.5, 0.6) is 0 Å². The van der Waals surface area contributed by atoms with E-state index in [0.717, 1.165) is 55.5 Å². The lowest BCUT2D eigenvalue weighted by atomic mass is 10.1. The molecule has 0 bridgehead atoms. The average molecular weight is 332 g/mol. The zero-order chi connectivity index (χ0) is 16.1. The Bertz CT molecular complexity index is 592. The molecule has 2 aromatic heterocycles. The molecule has 1 unspecified atom stereocenters. The maximum Gasteiger partial charge on any atom is 0.142 e. The fourth-order valence-corrected chi connectivity index (χ4v) is 3.79. The van der Waals surface area contributed by atoms with E-state index >= 15 is 0 Å². The molecule has 0 spiro atoms. The van der Waals surface area contributed by atoms with E-state index in [1.165, 1.54) is 0 Å². The number of rotatable bonds is 6. The summed E-state index contributed by atoms with van der Waals surface area (Å²) in [6.07, 6.45) is 2.82. The molecule has 3 heterocycles. The van der Waals surface area contributed by atoms with Crippen molar-refractivity contribution in [1.82, 2.24) is 19.8 Å². The van der Waals surface area contributed by atoms with Gasteiger partial charge < -0.3 is 5.11 Å². The van der Waals surface area contributed by atoms with Gasteiger partial charge in [-0.05, 0) is 18.6 Å². The van der Waals surface area contributed by atoms with Crippen LogP contribution in [0.25, 0.3) is 10.7 Å². The third-order valence-corrected chi connectivity index (χ3v) is 5.34. The SMILES string of the molecule is CCC(CO)N1CCN(Cc2csc(-c3ccccn3)n2)CC1. The summed E-state index contributed by atoms with van der Waals surface area (Å²) in [6, 6.07) is 6.23. The Kier molecular flexibility index (Phi) is 5.72. The minimum absolute atomic E-state index is 0.260. The third kappa shape index (κ3) is 4.14. The first-order chi connectivity index (χ1) is 11.3. The lowest BCUT2D eigenvalue weighted by Crippen LogP contribution is -2.50. The quantitative estimate of drug-likeness (QED) is 0.878. The van der Waals surface area contributed by atoms with Gasteiger partial charge in [0, 0.05) is 50.3 Å². The second kappa shape index (κ2) is 7.97. The number of hydrogen-bond acceptors (Lipinski definition) is 6. The van der Waals surface area contributed by atoms with Crippen molar-refractivity contribution >= 4 is 11.3 Å². The molecule has 0 amide bonds. The fourth-order valence-electron chi connectivity index (χ4n) is 3.00. The lowest BCUT2D eigenvalue weighted by molar-refractivity contribution is 0.0604. The summed E-state index contributed by atoms with van der Waals surface area (Å²) in [7, 11) is 0. The monoisotopic (exact) mass is 332 g/mol. The Hall–Kier alpha value is -1.34. The van der Waals surface area contributed by atoms with Crippen molar-refractivity contribution in [2.24, 2.45) is 0 Å². The van der Waals surface area contributed by atoms with Crippen molar-refractivity contribution in [2.75, 3.05) is 32.8 Å². The molecular formula is C17H24N4OS. The van der Waals surface area contributed by atoms with Gasteiger partial charge in [-0.3, -0.25) is 14.8 Å². The van der Waals surface area contributed by atoms with Crippen LogP contribution in [0.3, 0.4) is 0 Å². The van der Waals surface area contributed by atoms with E-state index in [1.54, 1.807) is 17.5 Å². The molecule has 0 saturated carbocycles. The summed E-state index contributed by atoms with van der Waals surface area (Å²) < 4.78 is 0. The van der Waals surface area contributed by atoms with Crippen molar-refractivity contribution < 1.29 is 5.11 Å². The zero-order valence-electron chi connectivity index (χ0n) is 13.6. The van der Waals surface area contributed by atoms with Crippen molar-refractivity contribution in [3.8, 4) is 10.7 Å². The first-order valence-electron chi connectivity index (χ1n) is 8.23. The van der Waals surface area contributed by atoms with Crippen molar-refractivity contribution in [3.63, 3.8) is 0 Å². The van der Waals surface area contributed by atoms with Gasteiger partial charge >= 0.3 is 0 Å². The molecule has 0 radical (unpaired) electrons. The van der Waals surface area contributed by atoms with Gasteiger partial charge in [-0.1, -0.05) is 13.0 Å². The van der Waals surface area contributed by atoms with Crippen LogP contribution in [0.15, 0.2) is 29.8 Å². The normalized spacial score (nSPS) is 18.2. The Morgan fingerprint density at radius 3 is 2.74 bits per heavy atom. The van der Waals surface area contributed by atoms with Gasteiger partial charge in [0.05, 0.1) is 18.0 Å². The molecule has 1 N–H and O–H groups in total. The second-order valence-corrected chi connectivity index (χ2v) is 6.77.